The topological polar surface area (TPSA) is 109 Å². The zero-order valence-corrected chi connectivity index (χ0v) is 15.9. The van der Waals surface area contributed by atoms with E-state index in [-0.39, 0.29) is 23.8 Å². The number of para-hydroxylation sites is 1. The first-order chi connectivity index (χ1) is 13.5. The summed E-state index contributed by atoms with van der Waals surface area (Å²) in [7, 11) is 1.44. The van der Waals surface area contributed by atoms with Gasteiger partial charge in [0.15, 0.2) is 18.1 Å². The number of ether oxygens (including phenoxy) is 4. The largest absolute Gasteiger partial charge is 0.494 e. The van der Waals surface area contributed by atoms with Crippen molar-refractivity contribution in [2.45, 2.75) is 6.92 Å². The Morgan fingerprint density at radius 3 is 2.29 bits per heavy atom. The van der Waals surface area contributed by atoms with Crippen LogP contribution in [0.5, 0.6) is 23.0 Å². The molecular weight excluding hydrogens is 364 g/mol. The summed E-state index contributed by atoms with van der Waals surface area (Å²) in [5.74, 6) is 0.872. The highest BCUT2D eigenvalue weighted by Gasteiger charge is 2.16. The van der Waals surface area contributed by atoms with Crippen LogP contribution in [0, 0.1) is 0 Å². The predicted octanol–water partition coefficient (Wildman–Crippen LogP) is 1.77. The van der Waals surface area contributed by atoms with Gasteiger partial charge in [-0.3, -0.25) is 9.59 Å². The minimum Gasteiger partial charge on any atom is -0.494 e. The van der Waals surface area contributed by atoms with E-state index in [2.05, 4.69) is 5.32 Å². The summed E-state index contributed by atoms with van der Waals surface area (Å²) < 4.78 is 21.5. The molecular formula is C20H24N2O6. The molecule has 0 aliphatic heterocycles. The summed E-state index contributed by atoms with van der Waals surface area (Å²) in [4.78, 5) is 23.5. The van der Waals surface area contributed by atoms with Crippen LogP contribution in [0.3, 0.4) is 0 Å². The minimum atomic E-state index is -0.668. The van der Waals surface area contributed by atoms with Gasteiger partial charge in [-0.05, 0) is 43.3 Å². The molecule has 0 bridgehead atoms. The third-order valence-corrected chi connectivity index (χ3v) is 3.64. The summed E-state index contributed by atoms with van der Waals surface area (Å²) in [5, 5.41) is 2.67. The van der Waals surface area contributed by atoms with E-state index in [0.29, 0.717) is 31.3 Å². The fraction of sp³-hybridized carbons (Fsp3) is 0.300. The Morgan fingerprint density at radius 2 is 1.68 bits per heavy atom. The van der Waals surface area contributed by atoms with Gasteiger partial charge in [0.2, 0.25) is 0 Å². The van der Waals surface area contributed by atoms with Crippen molar-refractivity contribution in [2.75, 3.05) is 33.5 Å². The fourth-order valence-electron chi connectivity index (χ4n) is 2.37. The number of nitrogens with one attached hydrogen (secondary N) is 1. The Morgan fingerprint density at radius 1 is 1.00 bits per heavy atom. The second-order valence-electron chi connectivity index (χ2n) is 5.59. The molecule has 2 aromatic carbocycles. The van der Waals surface area contributed by atoms with Crippen LogP contribution in [0.15, 0.2) is 42.5 Å². The van der Waals surface area contributed by atoms with Crippen LogP contribution in [0.4, 0.5) is 0 Å². The number of carbonyl (C=O) groups is 2. The van der Waals surface area contributed by atoms with Gasteiger partial charge in [-0.1, -0.05) is 6.07 Å². The van der Waals surface area contributed by atoms with Crippen LogP contribution >= 0.6 is 0 Å². The number of primary amides is 1. The van der Waals surface area contributed by atoms with Gasteiger partial charge in [0.1, 0.15) is 18.1 Å². The van der Waals surface area contributed by atoms with Crippen LogP contribution in [-0.2, 0) is 4.79 Å². The third kappa shape index (κ3) is 6.08. The average molecular weight is 388 g/mol. The van der Waals surface area contributed by atoms with Crippen molar-refractivity contribution in [3.8, 4) is 23.0 Å². The number of hydrogen-bond acceptors (Lipinski definition) is 6. The maximum Gasteiger partial charge on any atom is 0.258 e. The lowest BCUT2D eigenvalue weighted by Crippen LogP contribution is -2.32. The number of nitrogens with two attached hydrogens (primary N) is 1. The lowest BCUT2D eigenvalue weighted by Gasteiger charge is -2.13. The molecule has 2 amide bonds. The van der Waals surface area contributed by atoms with Gasteiger partial charge in [-0.2, -0.15) is 0 Å². The first kappa shape index (κ1) is 20.9. The SMILES string of the molecule is CCOc1ccc(OCCNC(=O)COc2c(OC)cccc2C(N)=O)cc1. The standard InChI is InChI=1S/C20H24N2O6/c1-3-26-14-7-9-15(10-8-14)27-12-11-22-18(23)13-28-19-16(20(21)24)5-4-6-17(19)25-2/h4-10H,3,11-13H2,1-2H3,(H2,21,24)(H,22,23). The Hall–Kier alpha value is -3.42. The van der Waals surface area contributed by atoms with Crippen LogP contribution in [-0.4, -0.2) is 45.3 Å². The van der Waals surface area contributed by atoms with Crippen molar-refractivity contribution < 1.29 is 28.5 Å². The van der Waals surface area contributed by atoms with Crippen LogP contribution in [0.25, 0.3) is 0 Å². The van der Waals surface area contributed by atoms with E-state index >= 15 is 0 Å². The number of carbonyl (C=O) groups excluding carboxylic acids is 2. The molecule has 0 radical (unpaired) electrons. The molecule has 0 aliphatic carbocycles. The Balaban J connectivity index is 1.77. The molecule has 2 aromatic rings. The smallest absolute Gasteiger partial charge is 0.258 e. The highest BCUT2D eigenvalue weighted by atomic mass is 16.5. The van der Waals surface area contributed by atoms with Crippen LogP contribution in [0.1, 0.15) is 17.3 Å². The van der Waals surface area contributed by atoms with E-state index in [9.17, 15) is 9.59 Å². The van der Waals surface area contributed by atoms with E-state index in [1.54, 1.807) is 24.3 Å². The van der Waals surface area contributed by atoms with Crippen LogP contribution in [0.2, 0.25) is 0 Å². The fourth-order valence-corrected chi connectivity index (χ4v) is 2.37. The average Bonchev–Trinajstić information content (AvgIpc) is 2.70. The molecule has 0 aromatic heterocycles. The lowest BCUT2D eigenvalue weighted by molar-refractivity contribution is -0.123. The molecule has 150 valence electrons. The third-order valence-electron chi connectivity index (χ3n) is 3.64. The zero-order valence-electron chi connectivity index (χ0n) is 15.9. The second-order valence-corrected chi connectivity index (χ2v) is 5.59. The number of hydrogen-bond donors (Lipinski definition) is 2. The summed E-state index contributed by atoms with van der Waals surface area (Å²) in [6, 6.07) is 12.0. The molecule has 0 atom stereocenters. The maximum atomic E-state index is 12.0. The highest BCUT2D eigenvalue weighted by Crippen LogP contribution is 2.30. The first-order valence-electron chi connectivity index (χ1n) is 8.77. The van der Waals surface area contributed by atoms with E-state index in [4.69, 9.17) is 24.7 Å². The Kier molecular flexibility index (Phi) is 7.95. The molecule has 0 aliphatic rings. The molecule has 0 saturated heterocycles. The predicted molar refractivity (Wildman–Crippen MR) is 103 cm³/mol. The van der Waals surface area contributed by atoms with Crippen molar-refractivity contribution >= 4 is 11.8 Å². The van der Waals surface area contributed by atoms with Gasteiger partial charge in [-0.15, -0.1) is 0 Å². The second kappa shape index (κ2) is 10.7. The van der Waals surface area contributed by atoms with E-state index in [0.717, 1.165) is 5.75 Å². The van der Waals surface area contributed by atoms with Crippen molar-refractivity contribution in [1.82, 2.24) is 5.32 Å². The molecule has 28 heavy (non-hydrogen) atoms. The molecule has 0 fully saturated rings. The number of benzene rings is 2. The van der Waals surface area contributed by atoms with Gasteiger partial charge >= 0.3 is 0 Å². The van der Waals surface area contributed by atoms with E-state index in [1.807, 2.05) is 19.1 Å². The first-order valence-corrected chi connectivity index (χ1v) is 8.77. The molecule has 2 rings (SSSR count). The normalized spacial score (nSPS) is 10.1. The minimum absolute atomic E-state index is 0.137. The quantitative estimate of drug-likeness (QED) is 0.568. The summed E-state index contributed by atoms with van der Waals surface area (Å²) in [6.45, 7) is 2.82. The molecule has 8 nitrogen and oxygen atoms in total. The molecule has 3 N–H and O–H groups in total. The summed E-state index contributed by atoms with van der Waals surface area (Å²) >= 11 is 0. The monoisotopic (exact) mass is 388 g/mol. The summed E-state index contributed by atoms with van der Waals surface area (Å²) in [6.07, 6.45) is 0. The Bertz CT molecular complexity index is 792. The van der Waals surface area contributed by atoms with Gasteiger partial charge in [-0.25, -0.2) is 0 Å². The molecule has 8 heteroatoms. The molecule has 0 saturated carbocycles. The van der Waals surface area contributed by atoms with Crippen molar-refractivity contribution in [3.63, 3.8) is 0 Å². The molecule has 0 heterocycles. The van der Waals surface area contributed by atoms with Crippen LogP contribution < -0.4 is 30.0 Å². The lowest BCUT2D eigenvalue weighted by atomic mass is 10.2. The summed E-state index contributed by atoms with van der Waals surface area (Å²) in [5.41, 5.74) is 5.47. The molecule has 0 unspecified atom stereocenters. The van der Waals surface area contributed by atoms with Gasteiger partial charge < -0.3 is 30.0 Å². The van der Waals surface area contributed by atoms with Gasteiger partial charge in [0, 0.05) is 0 Å². The molecule has 0 spiro atoms. The van der Waals surface area contributed by atoms with E-state index in [1.165, 1.54) is 13.2 Å². The highest BCUT2D eigenvalue weighted by molar-refractivity contribution is 5.96. The van der Waals surface area contributed by atoms with E-state index < -0.39 is 5.91 Å². The van der Waals surface area contributed by atoms with Crippen molar-refractivity contribution in [2.24, 2.45) is 5.73 Å². The van der Waals surface area contributed by atoms with Crippen molar-refractivity contribution in [3.05, 3.63) is 48.0 Å². The number of rotatable bonds is 11. The van der Waals surface area contributed by atoms with Gasteiger partial charge in [0.25, 0.3) is 11.8 Å². The Labute approximate surface area is 163 Å². The zero-order chi connectivity index (χ0) is 20.4. The number of methoxy groups -OCH3 is 1. The number of amides is 2. The van der Waals surface area contributed by atoms with Gasteiger partial charge in [0.05, 0.1) is 25.8 Å². The maximum absolute atomic E-state index is 12.0. The van der Waals surface area contributed by atoms with Crippen molar-refractivity contribution in [1.29, 1.82) is 0 Å².